The van der Waals surface area contributed by atoms with E-state index < -0.39 is 21.8 Å². The van der Waals surface area contributed by atoms with Crippen molar-refractivity contribution in [2.24, 2.45) is 0 Å². The monoisotopic (exact) mass is 399 g/mol. The van der Waals surface area contributed by atoms with Crippen molar-refractivity contribution in [2.45, 2.75) is 18.7 Å². The maximum Gasteiger partial charge on any atom is 0.261 e. The minimum Gasteiger partial charge on any atom is -0.360 e. The first kappa shape index (κ1) is 18.3. The number of hydrogen-bond donors (Lipinski definition) is 1. The first-order valence-corrected chi connectivity index (χ1v) is 10.1. The summed E-state index contributed by atoms with van der Waals surface area (Å²) in [4.78, 5) is 26.3. The van der Waals surface area contributed by atoms with Crippen LogP contribution < -0.4 is 4.72 Å². The van der Waals surface area contributed by atoms with Gasteiger partial charge in [0.15, 0.2) is 5.76 Å². The van der Waals surface area contributed by atoms with Gasteiger partial charge in [-0.05, 0) is 36.8 Å². The van der Waals surface area contributed by atoms with Gasteiger partial charge in [0, 0.05) is 13.1 Å². The van der Waals surface area contributed by atoms with Crippen LogP contribution in [0, 0.1) is 13.8 Å². The second-order valence-electron chi connectivity index (χ2n) is 6.56. The van der Waals surface area contributed by atoms with Crippen molar-refractivity contribution in [1.82, 2.24) is 14.8 Å². The SMILES string of the molecule is Cc1noc(C)c1S(=O)(=O)NCCN1C(=O)c2cc3ccccc3cc2C1=O. The molecule has 1 aliphatic heterocycles. The number of fused-ring (bicyclic) bond motifs is 2. The number of aryl methyl sites for hydroxylation is 2. The predicted molar refractivity (Wildman–Crippen MR) is 100 cm³/mol. The highest BCUT2D eigenvalue weighted by atomic mass is 32.2. The van der Waals surface area contributed by atoms with Crippen molar-refractivity contribution >= 4 is 32.6 Å². The molecule has 8 nitrogen and oxygen atoms in total. The van der Waals surface area contributed by atoms with E-state index in [0.717, 1.165) is 15.7 Å². The number of imide groups is 1. The van der Waals surface area contributed by atoms with Crippen LogP contribution in [0.4, 0.5) is 0 Å². The molecule has 2 heterocycles. The molecule has 2 amide bonds. The zero-order valence-electron chi connectivity index (χ0n) is 15.2. The van der Waals surface area contributed by atoms with Gasteiger partial charge in [-0.2, -0.15) is 0 Å². The van der Waals surface area contributed by atoms with Crippen LogP contribution in [0.5, 0.6) is 0 Å². The quantitative estimate of drug-likeness (QED) is 0.658. The maximum atomic E-state index is 12.6. The van der Waals surface area contributed by atoms with Crippen LogP contribution >= 0.6 is 0 Å². The van der Waals surface area contributed by atoms with Gasteiger partial charge in [0.2, 0.25) is 10.0 Å². The Balaban J connectivity index is 1.52. The predicted octanol–water partition coefficient (Wildman–Crippen LogP) is 2.02. The molecule has 1 N–H and O–H groups in total. The topological polar surface area (TPSA) is 110 Å². The molecule has 0 unspecified atom stereocenters. The van der Waals surface area contributed by atoms with Crippen LogP contribution in [0.25, 0.3) is 10.8 Å². The molecule has 0 saturated heterocycles. The van der Waals surface area contributed by atoms with E-state index in [-0.39, 0.29) is 29.4 Å². The molecule has 0 radical (unpaired) electrons. The first-order valence-electron chi connectivity index (χ1n) is 8.61. The Morgan fingerprint density at radius 1 is 1.04 bits per heavy atom. The molecule has 0 fully saturated rings. The van der Waals surface area contributed by atoms with Crippen LogP contribution in [-0.4, -0.2) is 43.4 Å². The van der Waals surface area contributed by atoms with Gasteiger partial charge in [-0.1, -0.05) is 29.4 Å². The van der Waals surface area contributed by atoms with Crippen molar-refractivity contribution < 1.29 is 22.5 Å². The summed E-state index contributed by atoms with van der Waals surface area (Å²) in [5.41, 5.74) is 0.909. The molecule has 9 heteroatoms. The van der Waals surface area contributed by atoms with E-state index in [2.05, 4.69) is 9.88 Å². The van der Waals surface area contributed by atoms with E-state index in [1.807, 2.05) is 24.3 Å². The third-order valence-electron chi connectivity index (χ3n) is 4.70. The molecule has 0 aliphatic carbocycles. The fraction of sp³-hybridized carbons (Fsp3) is 0.211. The van der Waals surface area contributed by atoms with Crippen molar-refractivity contribution in [3.63, 3.8) is 0 Å². The van der Waals surface area contributed by atoms with Gasteiger partial charge < -0.3 is 4.52 Å². The lowest BCUT2D eigenvalue weighted by Gasteiger charge is -2.14. The van der Waals surface area contributed by atoms with Crippen molar-refractivity contribution in [3.8, 4) is 0 Å². The summed E-state index contributed by atoms with van der Waals surface area (Å²) in [7, 11) is -3.86. The molecule has 1 aromatic heterocycles. The lowest BCUT2D eigenvalue weighted by atomic mass is 10.0. The third kappa shape index (κ3) is 2.88. The maximum absolute atomic E-state index is 12.6. The van der Waals surface area contributed by atoms with Gasteiger partial charge >= 0.3 is 0 Å². The minimum atomic E-state index is -3.86. The molecule has 3 aromatic rings. The van der Waals surface area contributed by atoms with Crippen LogP contribution in [-0.2, 0) is 10.0 Å². The lowest BCUT2D eigenvalue weighted by molar-refractivity contribution is 0.0657. The first-order chi connectivity index (χ1) is 13.3. The second kappa shape index (κ2) is 6.54. The number of amides is 2. The van der Waals surface area contributed by atoms with Gasteiger partial charge in [-0.15, -0.1) is 0 Å². The average molecular weight is 399 g/mol. The smallest absolute Gasteiger partial charge is 0.261 e. The van der Waals surface area contributed by atoms with E-state index in [1.54, 1.807) is 12.1 Å². The van der Waals surface area contributed by atoms with Gasteiger partial charge in [-0.3, -0.25) is 14.5 Å². The number of aromatic nitrogens is 1. The summed E-state index contributed by atoms with van der Waals surface area (Å²) in [6.07, 6.45) is 0. The summed E-state index contributed by atoms with van der Waals surface area (Å²) >= 11 is 0. The normalized spacial score (nSPS) is 14.1. The molecule has 0 atom stereocenters. The molecule has 0 spiro atoms. The Bertz CT molecular complexity index is 1160. The molecule has 28 heavy (non-hydrogen) atoms. The Morgan fingerprint density at radius 2 is 1.61 bits per heavy atom. The van der Waals surface area contributed by atoms with Crippen LogP contribution in [0.15, 0.2) is 45.8 Å². The van der Waals surface area contributed by atoms with Gasteiger partial charge in [0.1, 0.15) is 10.6 Å². The highest BCUT2D eigenvalue weighted by Crippen LogP contribution is 2.27. The van der Waals surface area contributed by atoms with Crippen LogP contribution in [0.1, 0.15) is 32.2 Å². The summed E-state index contributed by atoms with van der Waals surface area (Å²) in [6.45, 7) is 2.84. The standard InChI is InChI=1S/C19H17N3O5S/c1-11-17(12(2)27-21-11)28(25,26)20-7-8-22-18(23)15-9-13-5-3-4-6-14(13)10-16(15)19(22)24/h3-6,9-10,20H,7-8H2,1-2H3. The second-order valence-corrected chi connectivity index (χ2v) is 8.26. The van der Waals surface area contributed by atoms with Crippen LogP contribution in [0.3, 0.4) is 0 Å². The Labute approximate surface area is 161 Å². The summed E-state index contributed by atoms with van der Waals surface area (Å²) in [5, 5.41) is 5.36. The van der Waals surface area contributed by atoms with Crippen molar-refractivity contribution in [1.29, 1.82) is 0 Å². The van der Waals surface area contributed by atoms with E-state index in [1.165, 1.54) is 13.8 Å². The van der Waals surface area contributed by atoms with E-state index >= 15 is 0 Å². The molecular formula is C19H17N3O5S. The number of rotatable bonds is 5. The fourth-order valence-electron chi connectivity index (χ4n) is 3.40. The van der Waals surface area contributed by atoms with Gasteiger partial charge in [0.25, 0.3) is 11.8 Å². The van der Waals surface area contributed by atoms with E-state index in [9.17, 15) is 18.0 Å². The lowest BCUT2D eigenvalue weighted by Crippen LogP contribution is -2.38. The van der Waals surface area contributed by atoms with Gasteiger partial charge in [-0.25, -0.2) is 13.1 Å². The Kier molecular flexibility index (Phi) is 4.28. The van der Waals surface area contributed by atoms with E-state index in [0.29, 0.717) is 11.1 Å². The summed E-state index contributed by atoms with van der Waals surface area (Å²) in [6, 6.07) is 10.8. The third-order valence-corrected chi connectivity index (χ3v) is 6.41. The highest BCUT2D eigenvalue weighted by Gasteiger charge is 2.35. The number of nitrogens with one attached hydrogen (secondary N) is 1. The number of hydrogen-bond acceptors (Lipinski definition) is 6. The minimum absolute atomic E-state index is 0.0267. The molecule has 0 bridgehead atoms. The largest absolute Gasteiger partial charge is 0.360 e. The molecule has 1 aliphatic rings. The molecule has 2 aromatic carbocycles. The number of carbonyl (C=O) groups excluding carboxylic acids is 2. The number of benzene rings is 2. The zero-order valence-corrected chi connectivity index (χ0v) is 16.0. The van der Waals surface area contributed by atoms with Crippen LogP contribution in [0.2, 0.25) is 0 Å². The van der Waals surface area contributed by atoms with E-state index in [4.69, 9.17) is 4.52 Å². The molecule has 4 rings (SSSR count). The van der Waals surface area contributed by atoms with Crippen molar-refractivity contribution in [2.75, 3.05) is 13.1 Å². The summed E-state index contributed by atoms with van der Waals surface area (Å²) < 4.78 is 32.2. The summed E-state index contributed by atoms with van der Waals surface area (Å²) in [5.74, 6) is -0.679. The number of sulfonamides is 1. The number of carbonyl (C=O) groups is 2. The zero-order chi connectivity index (χ0) is 20.1. The number of nitrogens with zero attached hydrogens (tertiary/aromatic N) is 2. The molecule has 144 valence electrons. The highest BCUT2D eigenvalue weighted by molar-refractivity contribution is 7.89. The Morgan fingerprint density at radius 3 is 2.11 bits per heavy atom. The fourth-order valence-corrected chi connectivity index (χ4v) is 4.75. The molecule has 0 saturated carbocycles. The molecular weight excluding hydrogens is 382 g/mol. The van der Waals surface area contributed by atoms with Crippen molar-refractivity contribution in [3.05, 3.63) is 59.0 Å². The van der Waals surface area contributed by atoms with Gasteiger partial charge in [0.05, 0.1) is 11.1 Å². The average Bonchev–Trinajstić information content (AvgIpc) is 3.12. The Hall–Kier alpha value is -3.04.